The van der Waals surface area contributed by atoms with Crippen molar-refractivity contribution >= 4 is 28.4 Å². The third-order valence-corrected chi connectivity index (χ3v) is 5.67. The molecular formula is C25H21ClN2O3. The predicted octanol–water partition coefficient (Wildman–Crippen LogP) is 4.93. The monoisotopic (exact) mass is 432 g/mol. The number of carbonyl (C=O) groups is 1. The van der Waals surface area contributed by atoms with E-state index in [4.69, 9.17) is 21.1 Å². The second-order valence-electron chi connectivity index (χ2n) is 7.57. The van der Waals surface area contributed by atoms with Gasteiger partial charge in [-0.05, 0) is 47.0 Å². The number of benzene rings is 3. The summed E-state index contributed by atoms with van der Waals surface area (Å²) in [6.07, 6.45) is 2.39. The molecular weight excluding hydrogens is 412 g/mol. The SMILES string of the molecule is O=C(Cc1cn(Cc2ccc(Cl)cc2)c2ccccc12)NCc1ccc2c(c1)OCO2. The zero-order valence-electron chi connectivity index (χ0n) is 16.8. The van der Waals surface area contributed by atoms with Crippen LogP contribution in [-0.2, 0) is 24.3 Å². The van der Waals surface area contributed by atoms with Gasteiger partial charge in [-0.1, -0.05) is 48.0 Å². The number of fused-ring (bicyclic) bond motifs is 2. The van der Waals surface area contributed by atoms with Crippen molar-refractivity contribution < 1.29 is 14.3 Å². The first-order valence-electron chi connectivity index (χ1n) is 10.1. The quantitative estimate of drug-likeness (QED) is 0.470. The minimum atomic E-state index is -0.0212. The number of nitrogens with zero attached hydrogens (tertiary/aromatic N) is 1. The summed E-state index contributed by atoms with van der Waals surface area (Å²) in [7, 11) is 0. The fourth-order valence-electron chi connectivity index (χ4n) is 3.87. The molecule has 0 fully saturated rings. The maximum atomic E-state index is 12.7. The molecule has 3 aromatic carbocycles. The van der Waals surface area contributed by atoms with E-state index in [9.17, 15) is 4.79 Å². The van der Waals surface area contributed by atoms with E-state index < -0.39 is 0 Å². The lowest BCUT2D eigenvalue weighted by atomic mass is 10.1. The van der Waals surface area contributed by atoms with Crippen LogP contribution in [0.25, 0.3) is 10.9 Å². The van der Waals surface area contributed by atoms with Crippen LogP contribution in [0.15, 0.2) is 72.9 Å². The van der Waals surface area contributed by atoms with Crippen LogP contribution in [0.3, 0.4) is 0 Å². The number of amides is 1. The number of aromatic nitrogens is 1. The van der Waals surface area contributed by atoms with Gasteiger partial charge in [0.1, 0.15) is 0 Å². The zero-order chi connectivity index (χ0) is 21.2. The van der Waals surface area contributed by atoms with Crippen LogP contribution in [0.2, 0.25) is 5.02 Å². The van der Waals surface area contributed by atoms with Gasteiger partial charge >= 0.3 is 0 Å². The maximum absolute atomic E-state index is 12.7. The van der Waals surface area contributed by atoms with E-state index in [1.807, 2.05) is 54.6 Å². The number of para-hydroxylation sites is 1. The van der Waals surface area contributed by atoms with Crippen molar-refractivity contribution in [2.75, 3.05) is 6.79 Å². The molecule has 0 aliphatic carbocycles. The minimum absolute atomic E-state index is 0.0212. The highest BCUT2D eigenvalue weighted by molar-refractivity contribution is 6.30. The standard InChI is InChI=1S/C25H21ClN2O3/c26-20-8-5-17(6-9-20)14-28-15-19(21-3-1-2-4-22(21)28)12-25(29)27-13-18-7-10-23-24(11-18)31-16-30-23/h1-11,15H,12-14,16H2,(H,27,29). The lowest BCUT2D eigenvalue weighted by Gasteiger charge is -2.06. The van der Waals surface area contributed by atoms with Crippen LogP contribution in [-0.4, -0.2) is 17.3 Å². The van der Waals surface area contributed by atoms with Crippen LogP contribution in [0.5, 0.6) is 11.5 Å². The summed E-state index contributed by atoms with van der Waals surface area (Å²) in [5.41, 5.74) is 4.25. The largest absolute Gasteiger partial charge is 0.454 e. The summed E-state index contributed by atoms with van der Waals surface area (Å²) < 4.78 is 12.9. The van der Waals surface area contributed by atoms with E-state index in [0.717, 1.165) is 50.7 Å². The highest BCUT2D eigenvalue weighted by Crippen LogP contribution is 2.32. The van der Waals surface area contributed by atoms with E-state index in [-0.39, 0.29) is 12.7 Å². The predicted molar refractivity (Wildman–Crippen MR) is 121 cm³/mol. The molecule has 0 spiro atoms. The summed E-state index contributed by atoms with van der Waals surface area (Å²) in [6.45, 7) is 1.40. The van der Waals surface area contributed by atoms with Crippen molar-refractivity contribution in [2.24, 2.45) is 0 Å². The molecule has 5 nitrogen and oxygen atoms in total. The Morgan fingerprint density at radius 1 is 0.968 bits per heavy atom. The Labute approximate surface area is 185 Å². The minimum Gasteiger partial charge on any atom is -0.454 e. The van der Waals surface area contributed by atoms with Gasteiger partial charge in [-0.15, -0.1) is 0 Å². The van der Waals surface area contributed by atoms with Crippen molar-refractivity contribution in [3.05, 3.63) is 94.6 Å². The Kier molecular flexibility index (Phi) is 5.26. The molecule has 1 amide bonds. The molecule has 156 valence electrons. The van der Waals surface area contributed by atoms with Gasteiger partial charge in [0.05, 0.1) is 6.42 Å². The summed E-state index contributed by atoms with van der Waals surface area (Å²) in [6, 6.07) is 21.7. The Hall–Kier alpha value is -3.44. The first kappa shape index (κ1) is 19.5. The van der Waals surface area contributed by atoms with Gasteiger partial charge in [-0.3, -0.25) is 4.79 Å². The third-order valence-electron chi connectivity index (χ3n) is 5.41. The summed E-state index contributed by atoms with van der Waals surface area (Å²) in [4.78, 5) is 12.7. The van der Waals surface area contributed by atoms with Crippen molar-refractivity contribution in [2.45, 2.75) is 19.5 Å². The van der Waals surface area contributed by atoms with Crippen molar-refractivity contribution in [3.63, 3.8) is 0 Å². The molecule has 0 bridgehead atoms. The highest BCUT2D eigenvalue weighted by Gasteiger charge is 2.15. The van der Waals surface area contributed by atoms with Crippen LogP contribution in [0.4, 0.5) is 0 Å². The summed E-state index contributed by atoms with van der Waals surface area (Å²) in [5.74, 6) is 1.44. The average Bonchev–Trinajstić information content (AvgIpc) is 3.39. The van der Waals surface area contributed by atoms with Gasteiger partial charge < -0.3 is 19.4 Å². The van der Waals surface area contributed by atoms with E-state index in [1.165, 1.54) is 0 Å². The zero-order valence-corrected chi connectivity index (χ0v) is 17.6. The molecule has 6 heteroatoms. The molecule has 1 aliphatic rings. The number of carbonyl (C=O) groups excluding carboxylic acids is 1. The van der Waals surface area contributed by atoms with Gasteiger partial charge in [0.15, 0.2) is 11.5 Å². The second kappa shape index (κ2) is 8.36. The second-order valence-corrected chi connectivity index (χ2v) is 8.00. The fourth-order valence-corrected chi connectivity index (χ4v) is 3.99. The number of halogens is 1. The lowest BCUT2D eigenvalue weighted by Crippen LogP contribution is -2.24. The number of nitrogens with one attached hydrogen (secondary N) is 1. The molecule has 0 saturated heterocycles. The van der Waals surface area contributed by atoms with E-state index >= 15 is 0 Å². The van der Waals surface area contributed by atoms with Crippen molar-refractivity contribution in [1.82, 2.24) is 9.88 Å². The number of ether oxygens (including phenoxy) is 2. The summed E-state index contributed by atoms with van der Waals surface area (Å²) in [5, 5.41) is 4.82. The van der Waals surface area contributed by atoms with Crippen LogP contribution < -0.4 is 14.8 Å². The van der Waals surface area contributed by atoms with Gasteiger partial charge in [-0.25, -0.2) is 0 Å². The number of hydrogen-bond acceptors (Lipinski definition) is 3. The topological polar surface area (TPSA) is 52.5 Å². The molecule has 2 heterocycles. The van der Waals surface area contributed by atoms with E-state index in [2.05, 4.69) is 28.2 Å². The Bertz CT molecular complexity index is 1250. The van der Waals surface area contributed by atoms with Crippen molar-refractivity contribution in [3.8, 4) is 11.5 Å². The van der Waals surface area contributed by atoms with Gasteiger partial charge in [-0.2, -0.15) is 0 Å². The first-order valence-corrected chi connectivity index (χ1v) is 10.5. The lowest BCUT2D eigenvalue weighted by molar-refractivity contribution is -0.120. The van der Waals surface area contributed by atoms with Gasteiger partial charge in [0.25, 0.3) is 0 Å². The summed E-state index contributed by atoms with van der Waals surface area (Å²) >= 11 is 6.01. The molecule has 31 heavy (non-hydrogen) atoms. The first-order chi connectivity index (χ1) is 15.2. The Balaban J connectivity index is 1.30. The Morgan fingerprint density at radius 2 is 1.74 bits per heavy atom. The smallest absolute Gasteiger partial charge is 0.231 e. The molecule has 0 saturated carbocycles. The molecule has 1 N–H and O–H groups in total. The average molecular weight is 433 g/mol. The number of hydrogen-bond donors (Lipinski definition) is 1. The molecule has 0 radical (unpaired) electrons. The van der Waals surface area contributed by atoms with Gasteiger partial charge in [0.2, 0.25) is 12.7 Å². The molecule has 1 aliphatic heterocycles. The maximum Gasteiger partial charge on any atom is 0.231 e. The normalized spacial score (nSPS) is 12.3. The van der Waals surface area contributed by atoms with Crippen LogP contribution >= 0.6 is 11.6 Å². The fraction of sp³-hybridized carbons (Fsp3) is 0.160. The highest BCUT2D eigenvalue weighted by atomic mass is 35.5. The van der Waals surface area contributed by atoms with Crippen molar-refractivity contribution in [1.29, 1.82) is 0 Å². The molecule has 0 unspecified atom stereocenters. The molecule has 0 atom stereocenters. The molecule has 4 aromatic rings. The van der Waals surface area contributed by atoms with E-state index in [1.54, 1.807) is 0 Å². The van der Waals surface area contributed by atoms with Gasteiger partial charge in [0, 0.05) is 35.2 Å². The van der Waals surface area contributed by atoms with Crippen LogP contribution in [0, 0.1) is 0 Å². The molecule has 5 rings (SSSR count). The molecule has 1 aromatic heterocycles. The number of rotatable bonds is 6. The van der Waals surface area contributed by atoms with E-state index in [0.29, 0.717) is 13.0 Å². The Morgan fingerprint density at radius 3 is 2.61 bits per heavy atom. The van der Waals surface area contributed by atoms with Crippen LogP contribution in [0.1, 0.15) is 16.7 Å². The third kappa shape index (κ3) is 4.23.